The third-order valence-electron chi connectivity index (χ3n) is 6.00. The molecule has 3 aromatic carbocycles. The molecule has 0 aliphatic rings. The predicted octanol–water partition coefficient (Wildman–Crippen LogP) is 5.09. The first-order chi connectivity index (χ1) is 16.8. The number of nitrogens with zero attached hydrogens (tertiary/aromatic N) is 1. The Kier molecular flexibility index (Phi) is 9.47. The van der Waals surface area contributed by atoms with Crippen LogP contribution in [0.2, 0.25) is 0 Å². The summed E-state index contributed by atoms with van der Waals surface area (Å²) in [5.74, 6) is 0.597. The summed E-state index contributed by atoms with van der Waals surface area (Å²) in [4.78, 5) is 28.8. The van der Waals surface area contributed by atoms with Gasteiger partial charge in [-0.25, -0.2) is 0 Å². The SMILES string of the molecule is Cc1ccccc1CN(C(=O)COc1ccccc1C)C(Cc1ccccc1)C(=O)NCC(C)C. The molecule has 1 N–H and O–H groups in total. The molecule has 0 heterocycles. The van der Waals surface area contributed by atoms with E-state index in [1.165, 1.54) is 0 Å². The predicted molar refractivity (Wildman–Crippen MR) is 140 cm³/mol. The first-order valence-electron chi connectivity index (χ1n) is 12.2. The van der Waals surface area contributed by atoms with Crippen molar-refractivity contribution < 1.29 is 14.3 Å². The summed E-state index contributed by atoms with van der Waals surface area (Å²) >= 11 is 0. The number of para-hydroxylation sites is 1. The van der Waals surface area contributed by atoms with Gasteiger partial charge in [0.2, 0.25) is 5.91 Å². The van der Waals surface area contributed by atoms with Gasteiger partial charge in [0.1, 0.15) is 11.8 Å². The minimum absolute atomic E-state index is 0.139. The molecule has 0 aliphatic carbocycles. The van der Waals surface area contributed by atoms with Crippen LogP contribution in [-0.2, 0) is 22.6 Å². The Bertz CT molecular complexity index is 1110. The molecule has 35 heavy (non-hydrogen) atoms. The summed E-state index contributed by atoms with van der Waals surface area (Å²) in [5.41, 5.74) is 4.04. The molecular weight excluding hydrogens is 436 g/mol. The molecule has 0 spiro atoms. The lowest BCUT2D eigenvalue weighted by Crippen LogP contribution is -2.52. The Morgan fingerprint density at radius 1 is 0.857 bits per heavy atom. The van der Waals surface area contributed by atoms with E-state index in [0.717, 1.165) is 22.3 Å². The quantitative estimate of drug-likeness (QED) is 0.423. The molecule has 2 amide bonds. The first-order valence-corrected chi connectivity index (χ1v) is 12.2. The molecule has 0 saturated heterocycles. The maximum Gasteiger partial charge on any atom is 0.261 e. The standard InChI is InChI=1S/C30H36N2O3/c1-22(2)19-31-30(34)27(18-25-14-6-5-7-15-25)32(20-26-16-10-8-12-23(26)3)29(33)21-35-28-17-11-9-13-24(28)4/h5-17,22,27H,18-21H2,1-4H3,(H,31,34). The molecule has 1 atom stereocenters. The highest BCUT2D eigenvalue weighted by molar-refractivity contribution is 5.88. The van der Waals surface area contributed by atoms with Gasteiger partial charge in [-0.3, -0.25) is 9.59 Å². The highest BCUT2D eigenvalue weighted by Gasteiger charge is 2.31. The van der Waals surface area contributed by atoms with E-state index in [1.807, 2.05) is 92.7 Å². The monoisotopic (exact) mass is 472 g/mol. The number of rotatable bonds is 11. The number of carbonyl (C=O) groups excluding carboxylic acids is 2. The van der Waals surface area contributed by atoms with E-state index in [1.54, 1.807) is 4.90 Å². The van der Waals surface area contributed by atoms with Gasteiger partial charge in [0, 0.05) is 19.5 Å². The average molecular weight is 473 g/mol. The number of hydrogen-bond acceptors (Lipinski definition) is 3. The zero-order valence-electron chi connectivity index (χ0n) is 21.2. The number of amides is 2. The Hall–Kier alpha value is -3.60. The van der Waals surface area contributed by atoms with Crippen LogP contribution in [-0.4, -0.2) is 35.9 Å². The fourth-order valence-corrected chi connectivity index (χ4v) is 3.89. The fourth-order valence-electron chi connectivity index (χ4n) is 3.89. The van der Waals surface area contributed by atoms with E-state index < -0.39 is 6.04 Å². The smallest absolute Gasteiger partial charge is 0.261 e. The van der Waals surface area contributed by atoms with Crippen molar-refractivity contribution in [2.75, 3.05) is 13.2 Å². The van der Waals surface area contributed by atoms with E-state index in [9.17, 15) is 9.59 Å². The van der Waals surface area contributed by atoms with Crippen LogP contribution in [0.4, 0.5) is 0 Å². The van der Waals surface area contributed by atoms with Crippen LogP contribution in [0.3, 0.4) is 0 Å². The lowest BCUT2D eigenvalue weighted by molar-refractivity contribution is -0.142. The molecule has 0 bridgehead atoms. The highest BCUT2D eigenvalue weighted by Crippen LogP contribution is 2.19. The Morgan fingerprint density at radius 2 is 1.49 bits per heavy atom. The highest BCUT2D eigenvalue weighted by atomic mass is 16.5. The van der Waals surface area contributed by atoms with Crippen molar-refractivity contribution in [3.8, 4) is 5.75 Å². The zero-order chi connectivity index (χ0) is 25.2. The average Bonchev–Trinajstić information content (AvgIpc) is 2.85. The third-order valence-corrected chi connectivity index (χ3v) is 6.00. The second kappa shape index (κ2) is 12.7. The molecule has 5 heteroatoms. The topological polar surface area (TPSA) is 58.6 Å². The Labute approximate surface area is 209 Å². The van der Waals surface area contributed by atoms with Crippen LogP contribution in [0.1, 0.15) is 36.1 Å². The van der Waals surface area contributed by atoms with Crippen molar-refractivity contribution in [2.45, 2.75) is 46.7 Å². The maximum absolute atomic E-state index is 13.6. The van der Waals surface area contributed by atoms with E-state index >= 15 is 0 Å². The lowest BCUT2D eigenvalue weighted by atomic mass is 10.0. The van der Waals surface area contributed by atoms with Crippen LogP contribution >= 0.6 is 0 Å². The van der Waals surface area contributed by atoms with Crippen molar-refractivity contribution in [1.29, 1.82) is 0 Å². The minimum Gasteiger partial charge on any atom is -0.484 e. The number of nitrogens with one attached hydrogen (secondary N) is 1. The molecule has 3 aromatic rings. The molecule has 0 saturated carbocycles. The second-order valence-corrected chi connectivity index (χ2v) is 9.35. The van der Waals surface area contributed by atoms with E-state index in [2.05, 4.69) is 19.2 Å². The van der Waals surface area contributed by atoms with Crippen LogP contribution in [0.5, 0.6) is 5.75 Å². The fraction of sp³-hybridized carbons (Fsp3) is 0.333. The van der Waals surface area contributed by atoms with E-state index in [0.29, 0.717) is 31.2 Å². The van der Waals surface area contributed by atoms with Gasteiger partial charge >= 0.3 is 0 Å². The van der Waals surface area contributed by atoms with Gasteiger partial charge in [0.25, 0.3) is 5.91 Å². The van der Waals surface area contributed by atoms with Gasteiger partial charge in [-0.15, -0.1) is 0 Å². The van der Waals surface area contributed by atoms with Gasteiger partial charge in [-0.1, -0.05) is 86.6 Å². The number of ether oxygens (including phenoxy) is 1. The normalized spacial score (nSPS) is 11.7. The van der Waals surface area contributed by atoms with Crippen molar-refractivity contribution >= 4 is 11.8 Å². The molecule has 0 aromatic heterocycles. The first kappa shape index (κ1) is 26.0. The second-order valence-electron chi connectivity index (χ2n) is 9.35. The van der Waals surface area contributed by atoms with Crippen molar-refractivity contribution in [1.82, 2.24) is 10.2 Å². The van der Waals surface area contributed by atoms with Gasteiger partial charge < -0.3 is 15.0 Å². The summed E-state index contributed by atoms with van der Waals surface area (Å²) < 4.78 is 5.90. The van der Waals surface area contributed by atoms with Crippen LogP contribution in [0.15, 0.2) is 78.9 Å². The van der Waals surface area contributed by atoms with E-state index in [4.69, 9.17) is 4.74 Å². The van der Waals surface area contributed by atoms with Crippen molar-refractivity contribution in [3.63, 3.8) is 0 Å². The van der Waals surface area contributed by atoms with Gasteiger partial charge in [-0.2, -0.15) is 0 Å². The summed E-state index contributed by atoms with van der Waals surface area (Å²) in [6.45, 7) is 8.82. The van der Waals surface area contributed by atoms with E-state index in [-0.39, 0.29) is 18.4 Å². The van der Waals surface area contributed by atoms with Gasteiger partial charge in [0.15, 0.2) is 6.61 Å². The molecule has 5 nitrogen and oxygen atoms in total. The number of hydrogen-bond donors (Lipinski definition) is 1. The van der Waals surface area contributed by atoms with Crippen molar-refractivity contribution in [3.05, 3.63) is 101 Å². The lowest BCUT2D eigenvalue weighted by Gasteiger charge is -2.32. The number of aryl methyl sites for hydroxylation is 2. The molecule has 0 fully saturated rings. The molecule has 0 aliphatic heterocycles. The maximum atomic E-state index is 13.6. The zero-order valence-corrected chi connectivity index (χ0v) is 21.2. The molecule has 0 radical (unpaired) electrons. The summed E-state index contributed by atoms with van der Waals surface area (Å²) in [6.07, 6.45) is 0.423. The summed E-state index contributed by atoms with van der Waals surface area (Å²) in [7, 11) is 0. The molecule has 3 rings (SSSR count). The van der Waals surface area contributed by atoms with Crippen molar-refractivity contribution in [2.24, 2.45) is 5.92 Å². The Balaban J connectivity index is 1.92. The Morgan fingerprint density at radius 3 is 2.14 bits per heavy atom. The largest absolute Gasteiger partial charge is 0.484 e. The van der Waals surface area contributed by atoms with Gasteiger partial charge in [-0.05, 0) is 48.1 Å². The number of carbonyl (C=O) groups is 2. The molecule has 1 unspecified atom stereocenters. The molecular formula is C30H36N2O3. The summed E-state index contributed by atoms with van der Waals surface area (Å²) in [6, 6.07) is 24.7. The number of benzene rings is 3. The van der Waals surface area contributed by atoms with Crippen LogP contribution in [0.25, 0.3) is 0 Å². The van der Waals surface area contributed by atoms with Crippen LogP contribution < -0.4 is 10.1 Å². The molecule has 184 valence electrons. The van der Waals surface area contributed by atoms with Crippen LogP contribution in [0, 0.1) is 19.8 Å². The third kappa shape index (κ3) is 7.71. The van der Waals surface area contributed by atoms with Gasteiger partial charge in [0.05, 0.1) is 0 Å². The summed E-state index contributed by atoms with van der Waals surface area (Å²) in [5, 5.41) is 3.05. The minimum atomic E-state index is -0.663.